The van der Waals surface area contributed by atoms with Gasteiger partial charge in [0.25, 0.3) is 5.92 Å². The zero-order valence-corrected chi connectivity index (χ0v) is 10.6. The van der Waals surface area contributed by atoms with Crippen LogP contribution in [0.25, 0.3) is 0 Å². The molecule has 0 fully saturated rings. The molecule has 0 bridgehead atoms. The lowest BCUT2D eigenvalue weighted by Gasteiger charge is -2.23. The number of halogens is 2. The molecular formula is C13H17F2NO2. The van der Waals surface area contributed by atoms with E-state index in [-0.39, 0.29) is 19.3 Å². The molecule has 1 aliphatic carbocycles. The summed E-state index contributed by atoms with van der Waals surface area (Å²) in [6, 6.07) is 0. The summed E-state index contributed by atoms with van der Waals surface area (Å²) in [6.45, 7) is 4.48. The van der Waals surface area contributed by atoms with Crippen LogP contribution in [0.15, 0.2) is 6.20 Å². The molecule has 0 saturated carbocycles. The Balaban J connectivity index is 2.41. The van der Waals surface area contributed by atoms with Gasteiger partial charge in [-0.05, 0) is 25.8 Å². The fourth-order valence-electron chi connectivity index (χ4n) is 2.44. The maximum Gasteiger partial charge on any atom is 0.339 e. The number of aryl methyl sites for hydroxylation is 1. The highest BCUT2D eigenvalue weighted by Gasteiger charge is 2.38. The maximum atomic E-state index is 13.4. The lowest BCUT2D eigenvalue weighted by Crippen LogP contribution is -2.27. The normalized spacial score (nSPS) is 17.3. The van der Waals surface area contributed by atoms with Crippen LogP contribution in [0.3, 0.4) is 0 Å². The van der Waals surface area contributed by atoms with E-state index in [0.29, 0.717) is 24.4 Å². The largest absolute Gasteiger partial charge is 0.462 e. The molecule has 2 rings (SSSR count). The molecule has 0 spiro atoms. The monoisotopic (exact) mass is 257 g/mol. The van der Waals surface area contributed by atoms with Gasteiger partial charge in [-0.15, -0.1) is 0 Å². The highest BCUT2D eigenvalue weighted by Crippen LogP contribution is 2.35. The zero-order valence-electron chi connectivity index (χ0n) is 10.6. The van der Waals surface area contributed by atoms with Gasteiger partial charge in [-0.2, -0.15) is 0 Å². The van der Waals surface area contributed by atoms with E-state index in [9.17, 15) is 13.6 Å². The third-order valence-corrected chi connectivity index (χ3v) is 3.31. The number of fused-ring (bicyclic) bond motifs is 1. The van der Waals surface area contributed by atoms with Crippen LogP contribution in [0.5, 0.6) is 0 Å². The Labute approximate surface area is 105 Å². The summed E-state index contributed by atoms with van der Waals surface area (Å²) >= 11 is 0. The van der Waals surface area contributed by atoms with E-state index in [0.717, 1.165) is 5.56 Å². The van der Waals surface area contributed by atoms with Gasteiger partial charge in [0.1, 0.15) is 0 Å². The van der Waals surface area contributed by atoms with Gasteiger partial charge in [-0.3, -0.25) is 0 Å². The number of esters is 1. The summed E-state index contributed by atoms with van der Waals surface area (Å²) in [7, 11) is 0. The van der Waals surface area contributed by atoms with Crippen molar-refractivity contribution in [2.45, 2.75) is 45.6 Å². The molecule has 0 saturated heterocycles. The van der Waals surface area contributed by atoms with Gasteiger partial charge in [0.2, 0.25) is 0 Å². The van der Waals surface area contributed by atoms with Crippen molar-refractivity contribution in [2.24, 2.45) is 0 Å². The first-order valence-corrected chi connectivity index (χ1v) is 6.24. The standard InChI is InChI=1S/C13H17F2NO2/c1-3-16-8-10(12(17)18-4-2)9-5-6-13(14,15)7-11(9)16/h8H,3-7H2,1-2H3. The van der Waals surface area contributed by atoms with Crippen LogP contribution in [0, 0.1) is 0 Å². The lowest BCUT2D eigenvalue weighted by atomic mass is 9.92. The van der Waals surface area contributed by atoms with Gasteiger partial charge < -0.3 is 9.30 Å². The predicted octanol–water partition coefficient (Wildman–Crippen LogP) is 2.81. The predicted molar refractivity (Wildman–Crippen MR) is 63.0 cm³/mol. The average molecular weight is 257 g/mol. The Bertz CT molecular complexity index is 466. The molecule has 1 aliphatic rings. The molecule has 3 nitrogen and oxygen atoms in total. The van der Waals surface area contributed by atoms with Crippen LogP contribution in [0.4, 0.5) is 8.78 Å². The number of rotatable bonds is 3. The van der Waals surface area contributed by atoms with Gasteiger partial charge in [0, 0.05) is 24.9 Å². The van der Waals surface area contributed by atoms with Gasteiger partial charge in [0.15, 0.2) is 0 Å². The highest BCUT2D eigenvalue weighted by molar-refractivity contribution is 5.91. The second kappa shape index (κ2) is 4.71. The summed E-state index contributed by atoms with van der Waals surface area (Å²) in [5.41, 5.74) is 1.77. The number of hydrogen-bond acceptors (Lipinski definition) is 2. The second-order valence-electron chi connectivity index (χ2n) is 4.51. The van der Waals surface area contributed by atoms with E-state index in [1.54, 1.807) is 17.7 Å². The number of carbonyl (C=O) groups is 1. The maximum absolute atomic E-state index is 13.4. The minimum absolute atomic E-state index is 0.194. The third kappa shape index (κ3) is 2.26. The Morgan fingerprint density at radius 1 is 1.50 bits per heavy atom. The van der Waals surface area contributed by atoms with Gasteiger partial charge >= 0.3 is 5.97 Å². The number of hydrogen-bond donors (Lipinski definition) is 0. The second-order valence-corrected chi connectivity index (χ2v) is 4.51. The molecule has 1 aromatic rings. The van der Waals surface area contributed by atoms with Crippen molar-refractivity contribution in [3.05, 3.63) is 23.0 Å². The molecule has 0 radical (unpaired) electrons. The molecule has 0 N–H and O–H groups in total. The van der Waals surface area contributed by atoms with Gasteiger partial charge in [0.05, 0.1) is 18.6 Å². The van der Waals surface area contributed by atoms with Crippen LogP contribution >= 0.6 is 0 Å². The molecule has 5 heteroatoms. The van der Waals surface area contributed by atoms with Crippen LogP contribution in [0.1, 0.15) is 41.9 Å². The van der Waals surface area contributed by atoms with Crippen molar-refractivity contribution >= 4 is 5.97 Å². The van der Waals surface area contributed by atoms with E-state index in [2.05, 4.69) is 0 Å². The molecule has 1 aromatic heterocycles. The molecule has 0 aliphatic heterocycles. The quantitative estimate of drug-likeness (QED) is 0.780. The van der Waals surface area contributed by atoms with Gasteiger partial charge in [-0.1, -0.05) is 0 Å². The minimum atomic E-state index is -2.66. The summed E-state index contributed by atoms with van der Waals surface area (Å²) < 4.78 is 33.6. The average Bonchev–Trinajstić information content (AvgIpc) is 2.65. The Kier molecular flexibility index (Phi) is 3.41. The molecule has 1 heterocycles. The molecule has 0 atom stereocenters. The van der Waals surface area contributed by atoms with Crippen molar-refractivity contribution in [1.82, 2.24) is 4.57 Å². The van der Waals surface area contributed by atoms with Crippen LogP contribution in [0.2, 0.25) is 0 Å². The SMILES string of the molecule is CCOC(=O)c1cn(CC)c2c1CCC(F)(F)C2. The fraction of sp³-hybridized carbons (Fsp3) is 0.615. The van der Waals surface area contributed by atoms with E-state index in [1.165, 1.54) is 0 Å². The Morgan fingerprint density at radius 2 is 2.22 bits per heavy atom. The third-order valence-electron chi connectivity index (χ3n) is 3.31. The molecule has 18 heavy (non-hydrogen) atoms. The minimum Gasteiger partial charge on any atom is -0.462 e. The summed E-state index contributed by atoms with van der Waals surface area (Å²) in [4.78, 5) is 11.8. The highest BCUT2D eigenvalue weighted by atomic mass is 19.3. The number of aromatic nitrogens is 1. The summed E-state index contributed by atoms with van der Waals surface area (Å²) in [5, 5.41) is 0. The topological polar surface area (TPSA) is 31.2 Å². The Morgan fingerprint density at radius 3 is 2.83 bits per heavy atom. The number of alkyl halides is 2. The molecule has 0 amide bonds. The first-order valence-electron chi connectivity index (χ1n) is 6.24. The van der Waals surface area contributed by atoms with Crippen LogP contribution < -0.4 is 0 Å². The number of nitrogens with zero attached hydrogens (tertiary/aromatic N) is 1. The van der Waals surface area contributed by atoms with Crippen LogP contribution in [-0.2, 0) is 24.1 Å². The van der Waals surface area contributed by atoms with Crippen LogP contribution in [-0.4, -0.2) is 23.1 Å². The number of ether oxygens (including phenoxy) is 1. The van der Waals surface area contributed by atoms with E-state index in [1.807, 2.05) is 6.92 Å². The Hall–Kier alpha value is -1.39. The van der Waals surface area contributed by atoms with Gasteiger partial charge in [-0.25, -0.2) is 13.6 Å². The first kappa shape index (κ1) is 13.1. The number of carbonyl (C=O) groups excluding carboxylic acids is 1. The molecule has 100 valence electrons. The summed E-state index contributed by atoms with van der Waals surface area (Å²) in [5.74, 6) is -3.07. The molecular weight excluding hydrogens is 240 g/mol. The smallest absolute Gasteiger partial charge is 0.339 e. The first-order chi connectivity index (χ1) is 8.48. The van der Waals surface area contributed by atoms with E-state index in [4.69, 9.17) is 4.74 Å². The summed E-state index contributed by atoms with van der Waals surface area (Å²) in [6.07, 6.45) is 1.41. The zero-order chi connectivity index (χ0) is 13.3. The molecule has 0 unspecified atom stereocenters. The van der Waals surface area contributed by atoms with E-state index >= 15 is 0 Å². The van der Waals surface area contributed by atoms with Crippen molar-refractivity contribution < 1.29 is 18.3 Å². The van der Waals surface area contributed by atoms with Crippen molar-refractivity contribution in [3.63, 3.8) is 0 Å². The molecule has 0 aromatic carbocycles. The van der Waals surface area contributed by atoms with Crippen molar-refractivity contribution in [3.8, 4) is 0 Å². The lowest BCUT2D eigenvalue weighted by molar-refractivity contribution is -0.0142. The van der Waals surface area contributed by atoms with Crippen molar-refractivity contribution in [2.75, 3.05) is 6.61 Å². The van der Waals surface area contributed by atoms with E-state index < -0.39 is 11.9 Å². The fourth-order valence-corrected chi connectivity index (χ4v) is 2.44. The van der Waals surface area contributed by atoms with Crippen molar-refractivity contribution in [1.29, 1.82) is 0 Å².